The number of rotatable bonds is 4. The fourth-order valence-corrected chi connectivity index (χ4v) is 2.72. The van der Waals surface area contributed by atoms with Gasteiger partial charge in [-0.2, -0.15) is 0 Å². The second-order valence-corrected chi connectivity index (χ2v) is 7.29. The first kappa shape index (κ1) is 18.3. The Balaban J connectivity index is 2.07. The molecule has 0 unspecified atom stereocenters. The highest BCUT2D eigenvalue weighted by atomic mass is 16.6. The summed E-state index contributed by atoms with van der Waals surface area (Å²) in [6, 6.07) is 9.64. The van der Waals surface area contributed by atoms with Gasteiger partial charge in [-0.3, -0.25) is 4.90 Å². The Hall–Kier alpha value is -2.08. The first-order valence-electron chi connectivity index (χ1n) is 8.01. The molecule has 1 aromatic carbocycles. The molecular formula is C18H25NO5. The monoisotopic (exact) mass is 335 g/mol. The van der Waals surface area contributed by atoms with Crippen LogP contribution in [-0.2, 0) is 20.9 Å². The summed E-state index contributed by atoms with van der Waals surface area (Å²) in [6.07, 6.45) is -0.744. The summed E-state index contributed by atoms with van der Waals surface area (Å²) < 4.78 is 11.2. The molecule has 0 bridgehead atoms. The lowest BCUT2D eigenvalue weighted by Gasteiger charge is -2.32. The summed E-state index contributed by atoms with van der Waals surface area (Å²) >= 11 is 0. The van der Waals surface area contributed by atoms with Crippen molar-refractivity contribution < 1.29 is 24.2 Å². The normalized spacial score (nSPS) is 24.0. The maximum absolute atomic E-state index is 12.4. The van der Waals surface area contributed by atoms with Gasteiger partial charge < -0.3 is 14.6 Å². The second-order valence-electron chi connectivity index (χ2n) is 7.29. The van der Waals surface area contributed by atoms with Gasteiger partial charge in [-0.05, 0) is 33.3 Å². The van der Waals surface area contributed by atoms with E-state index >= 15 is 0 Å². The summed E-state index contributed by atoms with van der Waals surface area (Å²) in [4.78, 5) is 25.4. The lowest BCUT2D eigenvalue weighted by atomic mass is 9.98. The third-order valence-corrected chi connectivity index (χ3v) is 4.01. The molecule has 2 rings (SSSR count). The number of carbonyl (C=O) groups excluding carboxylic acids is 1. The minimum Gasteiger partial charge on any atom is -0.480 e. The van der Waals surface area contributed by atoms with Crippen LogP contribution in [0.25, 0.3) is 0 Å². The maximum Gasteiger partial charge on any atom is 0.411 e. The number of amides is 1. The average molecular weight is 335 g/mol. The van der Waals surface area contributed by atoms with Gasteiger partial charge in [-0.1, -0.05) is 30.3 Å². The van der Waals surface area contributed by atoms with Gasteiger partial charge in [-0.25, -0.2) is 9.59 Å². The minimum absolute atomic E-state index is 0.199. The van der Waals surface area contributed by atoms with Gasteiger partial charge >= 0.3 is 12.1 Å². The van der Waals surface area contributed by atoms with Gasteiger partial charge in [0.1, 0.15) is 11.1 Å². The molecule has 0 aliphatic carbocycles. The van der Waals surface area contributed by atoms with Crippen LogP contribution in [0.1, 0.15) is 39.7 Å². The zero-order valence-corrected chi connectivity index (χ0v) is 14.6. The number of carboxylic acids is 1. The molecule has 2 atom stereocenters. The van der Waals surface area contributed by atoms with E-state index in [2.05, 4.69) is 0 Å². The summed E-state index contributed by atoms with van der Waals surface area (Å²) in [5, 5.41) is 9.59. The van der Waals surface area contributed by atoms with Crippen molar-refractivity contribution in [3.63, 3.8) is 0 Å². The standard InChI is InChI=1S/C18H25NO5/c1-17(2,3)24-16(22)19-11-14(10-18(19,4)15(20)21)23-12-13-8-6-5-7-9-13/h5-9,14H,10-12H2,1-4H3,(H,20,21)/t14-,18-/m0/s1. The summed E-state index contributed by atoms with van der Waals surface area (Å²) in [6.45, 7) is 7.37. The van der Waals surface area contributed by atoms with Crippen molar-refractivity contribution in [1.82, 2.24) is 4.90 Å². The highest BCUT2D eigenvalue weighted by molar-refractivity contribution is 5.85. The van der Waals surface area contributed by atoms with Crippen molar-refractivity contribution >= 4 is 12.1 Å². The Morgan fingerprint density at radius 1 is 1.29 bits per heavy atom. The molecular weight excluding hydrogens is 310 g/mol. The van der Waals surface area contributed by atoms with Gasteiger partial charge in [0.2, 0.25) is 0 Å². The van der Waals surface area contributed by atoms with Crippen LogP contribution in [0.5, 0.6) is 0 Å². The van der Waals surface area contributed by atoms with E-state index in [-0.39, 0.29) is 19.1 Å². The number of aliphatic carboxylic acids is 1. The molecule has 24 heavy (non-hydrogen) atoms. The number of ether oxygens (including phenoxy) is 2. The number of carboxylic acid groups (broad SMARTS) is 1. The van der Waals surface area contributed by atoms with Gasteiger partial charge in [0.05, 0.1) is 19.3 Å². The number of nitrogens with zero attached hydrogens (tertiary/aromatic N) is 1. The largest absolute Gasteiger partial charge is 0.480 e. The number of carbonyl (C=O) groups is 2. The fraction of sp³-hybridized carbons (Fsp3) is 0.556. The number of benzene rings is 1. The van der Waals surface area contributed by atoms with Crippen LogP contribution >= 0.6 is 0 Å². The fourth-order valence-electron chi connectivity index (χ4n) is 2.72. The van der Waals surface area contributed by atoms with E-state index in [1.807, 2.05) is 30.3 Å². The van der Waals surface area contributed by atoms with E-state index in [4.69, 9.17) is 9.47 Å². The number of hydrogen-bond acceptors (Lipinski definition) is 4. The van der Waals surface area contributed by atoms with E-state index in [9.17, 15) is 14.7 Å². The van der Waals surface area contributed by atoms with Gasteiger partial charge in [0.25, 0.3) is 0 Å². The van der Waals surface area contributed by atoms with Crippen molar-refractivity contribution in [1.29, 1.82) is 0 Å². The van der Waals surface area contributed by atoms with Crippen molar-refractivity contribution in [2.75, 3.05) is 6.54 Å². The molecule has 1 fully saturated rings. The van der Waals surface area contributed by atoms with Crippen molar-refractivity contribution in [3.8, 4) is 0 Å². The average Bonchev–Trinajstić information content (AvgIpc) is 2.83. The predicted molar refractivity (Wildman–Crippen MR) is 88.6 cm³/mol. The second kappa shape index (κ2) is 6.81. The van der Waals surface area contributed by atoms with Crippen LogP contribution in [0.2, 0.25) is 0 Å². The topological polar surface area (TPSA) is 76.1 Å². The van der Waals surface area contributed by atoms with E-state index in [1.165, 1.54) is 11.8 Å². The lowest BCUT2D eigenvalue weighted by molar-refractivity contribution is -0.148. The highest BCUT2D eigenvalue weighted by Crippen LogP contribution is 2.33. The molecule has 0 saturated carbocycles. The third-order valence-electron chi connectivity index (χ3n) is 4.01. The quantitative estimate of drug-likeness (QED) is 0.915. The SMILES string of the molecule is CC(C)(C)OC(=O)N1C[C@@H](OCc2ccccc2)C[C@@]1(C)C(=O)O. The summed E-state index contributed by atoms with van der Waals surface area (Å²) in [5.74, 6) is -1.06. The maximum atomic E-state index is 12.4. The van der Waals surface area contributed by atoms with Crippen molar-refractivity contribution in [2.45, 2.75) is 58.0 Å². The third kappa shape index (κ3) is 4.26. The van der Waals surface area contributed by atoms with Crippen LogP contribution in [0, 0.1) is 0 Å². The Bertz CT molecular complexity index is 595. The molecule has 1 N–H and O–H groups in total. The summed E-state index contributed by atoms with van der Waals surface area (Å²) in [5.41, 5.74) is -1.01. The molecule has 1 amide bonds. The van der Waals surface area contributed by atoms with Gasteiger partial charge in [0.15, 0.2) is 0 Å². The Labute approximate surface area is 142 Å². The molecule has 1 aliphatic heterocycles. The van der Waals surface area contributed by atoms with E-state index < -0.39 is 23.2 Å². The van der Waals surface area contributed by atoms with Gasteiger partial charge in [-0.15, -0.1) is 0 Å². The van der Waals surface area contributed by atoms with Crippen LogP contribution in [0.15, 0.2) is 30.3 Å². The first-order valence-corrected chi connectivity index (χ1v) is 8.01. The smallest absolute Gasteiger partial charge is 0.411 e. The molecule has 1 heterocycles. The molecule has 1 aliphatic rings. The molecule has 6 nitrogen and oxygen atoms in total. The summed E-state index contributed by atoms with van der Waals surface area (Å²) in [7, 11) is 0. The molecule has 1 saturated heterocycles. The van der Waals surface area contributed by atoms with Crippen molar-refractivity contribution in [2.24, 2.45) is 0 Å². The van der Waals surface area contributed by atoms with Crippen LogP contribution in [0.3, 0.4) is 0 Å². The Morgan fingerprint density at radius 2 is 1.92 bits per heavy atom. The van der Waals surface area contributed by atoms with E-state index in [1.54, 1.807) is 20.8 Å². The highest BCUT2D eigenvalue weighted by Gasteiger charge is 2.51. The molecule has 132 valence electrons. The zero-order chi connectivity index (χ0) is 18.0. The molecule has 1 aromatic rings. The minimum atomic E-state index is -1.33. The molecule has 0 radical (unpaired) electrons. The zero-order valence-electron chi connectivity index (χ0n) is 14.6. The van der Waals surface area contributed by atoms with Crippen LogP contribution < -0.4 is 0 Å². The molecule has 0 spiro atoms. The van der Waals surface area contributed by atoms with E-state index in [0.717, 1.165) is 5.56 Å². The van der Waals surface area contributed by atoms with Crippen LogP contribution in [-0.4, -0.2) is 45.9 Å². The predicted octanol–water partition coefficient (Wildman–Crippen LogP) is 3.06. The lowest BCUT2D eigenvalue weighted by Crippen LogP contribution is -2.52. The van der Waals surface area contributed by atoms with E-state index in [0.29, 0.717) is 6.61 Å². The molecule has 6 heteroatoms. The van der Waals surface area contributed by atoms with Gasteiger partial charge in [0, 0.05) is 6.42 Å². The first-order chi connectivity index (χ1) is 11.1. The molecule has 0 aromatic heterocycles. The Morgan fingerprint density at radius 3 is 2.46 bits per heavy atom. The number of hydrogen-bond donors (Lipinski definition) is 1. The van der Waals surface area contributed by atoms with Crippen LogP contribution in [0.4, 0.5) is 4.79 Å². The number of likely N-dealkylation sites (tertiary alicyclic amines) is 1. The Kier molecular flexibility index (Phi) is 5.18. The van der Waals surface area contributed by atoms with Crippen molar-refractivity contribution in [3.05, 3.63) is 35.9 Å².